The van der Waals surface area contributed by atoms with E-state index < -0.39 is 5.82 Å². The number of fused-ring (bicyclic) bond motifs is 1. The van der Waals surface area contributed by atoms with Gasteiger partial charge in [-0.05, 0) is 44.2 Å². The molecule has 0 saturated carbocycles. The van der Waals surface area contributed by atoms with Crippen LogP contribution in [0, 0.1) is 11.7 Å². The molecule has 4 aromatic rings. The van der Waals surface area contributed by atoms with Gasteiger partial charge in [0.25, 0.3) is 0 Å². The summed E-state index contributed by atoms with van der Waals surface area (Å²) < 4.78 is 19.4. The molecule has 0 radical (unpaired) electrons. The molecular weight excluding hydrogens is 587 g/mol. The van der Waals surface area contributed by atoms with E-state index in [4.69, 9.17) is 22.1 Å². The number of primary amides is 1. The predicted octanol–water partition coefficient (Wildman–Crippen LogP) is 4.64. The molecule has 5 N–H and O–H groups in total. The van der Waals surface area contributed by atoms with Crippen LogP contribution in [0.3, 0.4) is 0 Å². The third kappa shape index (κ3) is 7.61. The van der Waals surface area contributed by atoms with Crippen LogP contribution in [0.15, 0.2) is 42.9 Å². The molecule has 5 rings (SSSR count). The van der Waals surface area contributed by atoms with Gasteiger partial charge >= 0.3 is 0 Å². The average Bonchev–Trinajstić information content (AvgIpc) is 3.44. The molecule has 44 heavy (non-hydrogen) atoms. The first kappa shape index (κ1) is 31.1. The number of nitrogens with one attached hydrogen (secondary N) is 3. The molecule has 0 spiro atoms. The number of hydrogen-bond acceptors (Lipinski definition) is 8. The lowest BCUT2D eigenvalue weighted by molar-refractivity contribution is -0.130. The van der Waals surface area contributed by atoms with Crippen molar-refractivity contribution in [2.24, 2.45) is 11.7 Å². The molecule has 1 fully saturated rings. The number of unbranched alkanes of at least 4 members (excludes halogenated alkanes) is 2. The maximum atomic E-state index is 13.7. The molecule has 2 aromatic heterocycles. The second-order valence-electron chi connectivity index (χ2n) is 11.2. The van der Waals surface area contributed by atoms with E-state index in [0.717, 1.165) is 42.6 Å². The summed E-state index contributed by atoms with van der Waals surface area (Å²) in [5.41, 5.74) is 8.24. The summed E-state index contributed by atoms with van der Waals surface area (Å²) in [6.45, 7) is 1.47. The number of carbonyl (C=O) groups is 2. The number of rotatable bonds is 14. The molecule has 1 saturated heterocycles. The number of amides is 2. The smallest absolute Gasteiger partial charge is 0.226 e. The molecule has 3 heterocycles. The van der Waals surface area contributed by atoms with E-state index in [9.17, 15) is 14.0 Å². The van der Waals surface area contributed by atoms with Gasteiger partial charge in [0.2, 0.25) is 11.8 Å². The van der Waals surface area contributed by atoms with Gasteiger partial charge in [0.05, 0.1) is 29.6 Å². The van der Waals surface area contributed by atoms with Crippen molar-refractivity contribution in [3.05, 3.63) is 70.8 Å². The van der Waals surface area contributed by atoms with Crippen LogP contribution in [-0.2, 0) is 16.0 Å². The molecule has 1 aliphatic rings. The molecule has 2 aromatic carbocycles. The van der Waals surface area contributed by atoms with E-state index >= 15 is 0 Å². The summed E-state index contributed by atoms with van der Waals surface area (Å²) in [6.07, 6.45) is 7.06. The number of halogens is 2. The van der Waals surface area contributed by atoms with E-state index in [1.807, 2.05) is 19.2 Å². The highest BCUT2D eigenvalue weighted by atomic mass is 35.5. The molecule has 0 aliphatic carbocycles. The molecule has 1 aliphatic heterocycles. The summed E-state index contributed by atoms with van der Waals surface area (Å²) in [6, 6.07) is 7.88. The van der Waals surface area contributed by atoms with Crippen molar-refractivity contribution in [1.82, 2.24) is 30.2 Å². The van der Waals surface area contributed by atoms with Crippen molar-refractivity contribution < 1.29 is 18.7 Å². The molecule has 1 atom stereocenters. The summed E-state index contributed by atoms with van der Waals surface area (Å²) in [7, 11) is 3.59. The van der Waals surface area contributed by atoms with Crippen molar-refractivity contribution in [2.75, 3.05) is 32.6 Å². The van der Waals surface area contributed by atoms with Gasteiger partial charge in [0, 0.05) is 60.5 Å². The Bertz CT molecular complexity index is 1640. The molecule has 0 bridgehead atoms. The standard InChI is InChI=1S/C31H36ClFN8O3/c1-41-15-19(16-41)31(43)40-25(6-4-3-5-7-28(34)42)30-35-14-21(39-30)10-18-11-22-26(13-27(18)44-2)36-17-37-29(22)38-20-8-9-24(33)23(32)12-20/h8-9,11-14,17,19,25H,3-7,10,15-16H2,1-2H3,(H2,34,42)(H,35,39)(H,40,43)(H,36,37,38)/t25-/m0/s1. The minimum Gasteiger partial charge on any atom is -0.496 e. The van der Waals surface area contributed by atoms with Crippen molar-refractivity contribution in [3.63, 3.8) is 0 Å². The predicted molar refractivity (Wildman–Crippen MR) is 166 cm³/mol. The number of aromatic amines is 1. The molecule has 13 heteroatoms. The first-order valence-corrected chi connectivity index (χ1v) is 14.9. The lowest BCUT2D eigenvalue weighted by Crippen LogP contribution is -2.52. The van der Waals surface area contributed by atoms with Gasteiger partial charge < -0.3 is 31.0 Å². The number of nitrogens with zero attached hydrogens (tertiary/aromatic N) is 4. The third-order valence-electron chi connectivity index (χ3n) is 7.75. The first-order chi connectivity index (χ1) is 21.2. The molecule has 2 amide bonds. The second kappa shape index (κ2) is 14.0. The molecular formula is C31H36ClFN8O3. The van der Waals surface area contributed by atoms with Crippen LogP contribution in [0.4, 0.5) is 15.9 Å². The van der Waals surface area contributed by atoms with Crippen LogP contribution < -0.4 is 21.1 Å². The van der Waals surface area contributed by atoms with E-state index in [1.54, 1.807) is 19.4 Å². The Kier molecular flexibility index (Phi) is 9.91. The first-order valence-electron chi connectivity index (χ1n) is 14.5. The number of benzene rings is 2. The molecule has 232 valence electrons. The zero-order valence-electron chi connectivity index (χ0n) is 24.7. The van der Waals surface area contributed by atoms with Crippen LogP contribution >= 0.6 is 11.6 Å². The second-order valence-corrected chi connectivity index (χ2v) is 11.6. The maximum Gasteiger partial charge on any atom is 0.226 e. The highest BCUT2D eigenvalue weighted by Crippen LogP contribution is 2.32. The summed E-state index contributed by atoms with van der Waals surface area (Å²) >= 11 is 5.97. The SMILES string of the molecule is COc1cc2ncnc(Nc3ccc(F)c(Cl)c3)c2cc1Cc1cnc([C@H](CCCCCC(N)=O)NC(=O)C2CN(C)C2)[nH]1. The van der Waals surface area contributed by atoms with Crippen molar-refractivity contribution in [1.29, 1.82) is 0 Å². The van der Waals surface area contributed by atoms with Crippen molar-refractivity contribution in [3.8, 4) is 5.75 Å². The van der Waals surface area contributed by atoms with Crippen LogP contribution in [0.1, 0.15) is 55.2 Å². The number of aromatic nitrogens is 4. The van der Waals surface area contributed by atoms with Gasteiger partial charge in [0.15, 0.2) is 0 Å². The number of anilines is 2. The number of methoxy groups -OCH3 is 1. The number of H-pyrrole nitrogens is 1. The number of imidazole rings is 1. The van der Waals surface area contributed by atoms with Crippen molar-refractivity contribution >= 4 is 45.8 Å². The topological polar surface area (TPSA) is 151 Å². The number of hydrogen-bond donors (Lipinski definition) is 4. The Labute approximate surface area is 259 Å². The van der Waals surface area contributed by atoms with Gasteiger partial charge in [-0.3, -0.25) is 9.59 Å². The summed E-state index contributed by atoms with van der Waals surface area (Å²) in [5.74, 6) is 1.03. The number of carbonyl (C=O) groups excluding carboxylic acids is 2. The average molecular weight is 623 g/mol. The fourth-order valence-electron chi connectivity index (χ4n) is 5.37. The Morgan fingerprint density at radius 3 is 2.73 bits per heavy atom. The van der Waals surface area contributed by atoms with Crippen LogP contribution in [-0.4, -0.2) is 63.9 Å². The zero-order chi connectivity index (χ0) is 31.2. The number of likely N-dealkylation sites (tertiary alicyclic amines) is 1. The largest absolute Gasteiger partial charge is 0.496 e. The number of ether oxygens (including phenoxy) is 1. The zero-order valence-corrected chi connectivity index (χ0v) is 25.5. The van der Waals surface area contributed by atoms with Gasteiger partial charge in [-0.1, -0.05) is 24.4 Å². The van der Waals surface area contributed by atoms with Gasteiger partial charge in [-0.15, -0.1) is 0 Å². The fourth-order valence-corrected chi connectivity index (χ4v) is 5.55. The monoisotopic (exact) mass is 622 g/mol. The minimum absolute atomic E-state index is 0.00551. The minimum atomic E-state index is -0.503. The summed E-state index contributed by atoms with van der Waals surface area (Å²) in [4.78, 5) is 43.0. The summed E-state index contributed by atoms with van der Waals surface area (Å²) in [5, 5.41) is 7.14. The van der Waals surface area contributed by atoms with Gasteiger partial charge in [-0.25, -0.2) is 19.3 Å². The van der Waals surface area contributed by atoms with Gasteiger partial charge in [-0.2, -0.15) is 0 Å². The van der Waals surface area contributed by atoms with Crippen LogP contribution in [0.25, 0.3) is 10.9 Å². The Hall–Kier alpha value is -4.29. The maximum absolute atomic E-state index is 13.7. The van der Waals surface area contributed by atoms with Crippen LogP contribution in [0.5, 0.6) is 5.75 Å². The third-order valence-corrected chi connectivity index (χ3v) is 8.04. The van der Waals surface area contributed by atoms with E-state index in [0.29, 0.717) is 54.3 Å². The lowest BCUT2D eigenvalue weighted by atomic mass is 9.99. The fraction of sp³-hybridized carbons (Fsp3) is 0.387. The number of nitrogens with two attached hydrogens (primary N) is 1. The van der Waals surface area contributed by atoms with Crippen molar-refractivity contribution in [2.45, 2.75) is 44.6 Å². The molecule has 0 unspecified atom stereocenters. The van der Waals surface area contributed by atoms with E-state index in [2.05, 4.69) is 35.5 Å². The Balaban J connectivity index is 1.35. The van der Waals surface area contributed by atoms with Crippen LogP contribution in [0.2, 0.25) is 5.02 Å². The lowest BCUT2D eigenvalue weighted by Gasteiger charge is -2.35. The highest BCUT2D eigenvalue weighted by molar-refractivity contribution is 6.31. The van der Waals surface area contributed by atoms with E-state index in [-0.39, 0.29) is 28.8 Å². The molecule has 11 nitrogen and oxygen atoms in total. The quantitative estimate of drug-likeness (QED) is 0.148. The van der Waals surface area contributed by atoms with E-state index in [1.165, 1.54) is 18.5 Å². The highest BCUT2D eigenvalue weighted by Gasteiger charge is 2.31. The normalized spacial score (nSPS) is 14.3. The Morgan fingerprint density at radius 2 is 2.00 bits per heavy atom. The Morgan fingerprint density at radius 1 is 1.18 bits per heavy atom. The van der Waals surface area contributed by atoms with Gasteiger partial charge in [0.1, 0.15) is 29.5 Å².